The fourth-order valence-corrected chi connectivity index (χ4v) is 2.60. The van der Waals surface area contributed by atoms with E-state index in [9.17, 15) is 4.79 Å². The lowest BCUT2D eigenvalue weighted by atomic mass is 10.2. The molecule has 3 rings (SSSR count). The largest absolute Gasteiger partial charge is 0.300 e. The quantitative estimate of drug-likeness (QED) is 0.415. The Bertz CT molecular complexity index is 1070. The van der Waals surface area contributed by atoms with Crippen molar-refractivity contribution in [2.75, 3.05) is 20.6 Å². The van der Waals surface area contributed by atoms with Crippen LogP contribution in [0.5, 0.6) is 0 Å². The second kappa shape index (κ2) is 7.44. The van der Waals surface area contributed by atoms with Crippen LogP contribution in [0.4, 0.5) is 17.1 Å². The highest BCUT2D eigenvalue weighted by Crippen LogP contribution is 2.26. The van der Waals surface area contributed by atoms with Gasteiger partial charge in [0.05, 0.1) is 32.0 Å². The van der Waals surface area contributed by atoms with Crippen molar-refractivity contribution >= 4 is 17.1 Å². The molecule has 0 amide bonds. The number of nitrogens with zero attached hydrogens (tertiary/aromatic N) is 4. The first-order valence-electron chi connectivity index (χ1n) is 8.68. The van der Waals surface area contributed by atoms with Gasteiger partial charge in [0.15, 0.2) is 5.69 Å². The van der Waals surface area contributed by atoms with Gasteiger partial charge in [0.2, 0.25) is 0 Å². The van der Waals surface area contributed by atoms with Gasteiger partial charge in [-0.2, -0.15) is 5.11 Å². The summed E-state index contributed by atoms with van der Waals surface area (Å²) in [6.45, 7) is 3.07. The van der Waals surface area contributed by atoms with Gasteiger partial charge in [-0.15, -0.1) is 11.5 Å². The van der Waals surface area contributed by atoms with E-state index in [0.717, 1.165) is 16.7 Å². The maximum Gasteiger partial charge on any atom is 0.300 e. The zero-order valence-corrected chi connectivity index (χ0v) is 15.7. The van der Waals surface area contributed by atoms with Gasteiger partial charge in [-0.25, -0.2) is 4.68 Å². The second-order valence-corrected chi connectivity index (χ2v) is 6.68. The fourth-order valence-electron chi connectivity index (χ4n) is 2.60. The van der Waals surface area contributed by atoms with E-state index in [4.69, 9.17) is 6.42 Å². The van der Waals surface area contributed by atoms with Crippen LogP contribution >= 0.6 is 0 Å². The maximum atomic E-state index is 12.7. The van der Waals surface area contributed by atoms with Crippen LogP contribution in [0.15, 0.2) is 69.6 Å². The van der Waals surface area contributed by atoms with Crippen molar-refractivity contribution in [1.29, 1.82) is 0 Å². The molecule has 3 aromatic rings. The number of quaternary nitrogens is 1. The Labute approximate surface area is 158 Å². The van der Waals surface area contributed by atoms with E-state index in [2.05, 4.69) is 42.3 Å². The molecule has 1 aromatic heterocycles. The summed E-state index contributed by atoms with van der Waals surface area (Å²) in [6, 6.07) is 17.0. The van der Waals surface area contributed by atoms with Gasteiger partial charge in [-0.3, -0.25) is 14.4 Å². The number of nitrogens with one attached hydrogen (secondary N) is 1. The molecule has 27 heavy (non-hydrogen) atoms. The molecule has 0 fully saturated rings. The van der Waals surface area contributed by atoms with E-state index in [1.54, 1.807) is 0 Å². The molecule has 6 nitrogen and oxygen atoms in total. The van der Waals surface area contributed by atoms with Crippen LogP contribution < -0.4 is 10.0 Å². The Morgan fingerprint density at radius 3 is 2.52 bits per heavy atom. The number of hydrogen-bond donors (Lipinski definition) is 1. The molecular weight excluding hydrogens is 338 g/mol. The maximum absolute atomic E-state index is 12.7. The average molecular weight is 360 g/mol. The monoisotopic (exact) mass is 360 g/mol. The van der Waals surface area contributed by atoms with Crippen LogP contribution in [0.25, 0.3) is 5.69 Å². The van der Waals surface area contributed by atoms with Crippen LogP contribution in [0, 0.1) is 12.3 Å². The van der Waals surface area contributed by atoms with Gasteiger partial charge in [-0.05, 0) is 37.1 Å². The Morgan fingerprint density at radius 2 is 1.85 bits per heavy atom. The highest BCUT2D eigenvalue weighted by Gasteiger charge is 2.17. The van der Waals surface area contributed by atoms with Crippen LogP contribution in [0.3, 0.4) is 0 Å². The summed E-state index contributed by atoms with van der Waals surface area (Å²) < 4.78 is 2.10. The van der Waals surface area contributed by atoms with Crippen molar-refractivity contribution < 1.29 is 0 Å². The van der Waals surface area contributed by atoms with Gasteiger partial charge in [0.1, 0.15) is 11.4 Å². The highest BCUT2D eigenvalue weighted by atomic mass is 16.1. The van der Waals surface area contributed by atoms with E-state index >= 15 is 0 Å². The number of hydrogen-bond acceptors (Lipinski definition) is 3. The number of rotatable bonds is 5. The molecule has 0 bridgehead atoms. The van der Waals surface area contributed by atoms with Crippen LogP contribution in [0.2, 0.25) is 0 Å². The minimum atomic E-state index is -0.335. The SMILES string of the molecule is C#Cc1[nH]n(-c2ccccc2)c(=O)c1N=Nc1cccc([N+](C)(C)CC)c1. The summed E-state index contributed by atoms with van der Waals surface area (Å²) >= 11 is 0. The van der Waals surface area contributed by atoms with Crippen molar-refractivity contribution in [2.45, 2.75) is 6.92 Å². The Morgan fingerprint density at radius 1 is 1.11 bits per heavy atom. The Balaban J connectivity index is 1.99. The first-order chi connectivity index (χ1) is 13.0. The third-order valence-electron chi connectivity index (χ3n) is 4.61. The second-order valence-electron chi connectivity index (χ2n) is 6.68. The third kappa shape index (κ3) is 3.73. The average Bonchev–Trinajstić information content (AvgIpc) is 3.03. The lowest BCUT2D eigenvalue weighted by molar-refractivity contribution is 0.421. The van der Waals surface area contributed by atoms with E-state index in [0.29, 0.717) is 17.1 Å². The molecule has 0 unspecified atom stereocenters. The summed E-state index contributed by atoms with van der Waals surface area (Å²) in [5.41, 5.74) is 2.55. The summed E-state index contributed by atoms with van der Waals surface area (Å²) in [5.74, 6) is 2.47. The topological polar surface area (TPSA) is 62.5 Å². The number of aromatic nitrogens is 2. The van der Waals surface area contributed by atoms with Crippen molar-refractivity contribution in [2.24, 2.45) is 10.2 Å². The molecule has 2 aromatic carbocycles. The molecule has 0 saturated carbocycles. The molecule has 0 aliphatic rings. The van der Waals surface area contributed by atoms with Crippen molar-refractivity contribution in [3.8, 4) is 18.0 Å². The standard InChI is InChI=1S/C21H21N5O/c1-5-19-20(21(27)25(24-19)17-12-8-7-9-13-17)23-22-16-11-10-14-18(15-16)26(3,4)6-2/h1,7-15H,6H2,2-4H3/p+1. The van der Waals surface area contributed by atoms with E-state index in [1.165, 1.54) is 4.68 Å². The van der Waals surface area contributed by atoms with E-state index < -0.39 is 0 Å². The smallest absolute Gasteiger partial charge is 0.296 e. The molecular formula is C21H22N5O+. The Hall–Kier alpha value is -3.43. The molecule has 136 valence electrons. The number of azo groups is 1. The van der Waals surface area contributed by atoms with Crippen molar-refractivity contribution in [1.82, 2.24) is 14.3 Å². The minimum absolute atomic E-state index is 0.121. The summed E-state index contributed by atoms with van der Waals surface area (Å²) in [5, 5.41) is 11.3. The van der Waals surface area contributed by atoms with E-state index in [1.807, 2.05) is 54.6 Å². The molecule has 0 radical (unpaired) electrons. The van der Waals surface area contributed by atoms with Gasteiger partial charge >= 0.3 is 0 Å². The van der Waals surface area contributed by atoms with Crippen LogP contribution in [-0.2, 0) is 0 Å². The Kier molecular flexibility index (Phi) is 5.06. The highest BCUT2D eigenvalue weighted by molar-refractivity contribution is 5.54. The zero-order chi connectivity index (χ0) is 19.4. The predicted octanol–water partition coefficient (Wildman–Crippen LogP) is 4.15. The van der Waals surface area contributed by atoms with E-state index in [-0.39, 0.29) is 11.2 Å². The lowest BCUT2D eigenvalue weighted by Crippen LogP contribution is -2.39. The summed E-state index contributed by atoms with van der Waals surface area (Å²) in [7, 11) is 4.24. The first-order valence-corrected chi connectivity index (χ1v) is 8.68. The number of para-hydroxylation sites is 1. The number of benzene rings is 2. The molecule has 1 heterocycles. The van der Waals surface area contributed by atoms with Crippen LogP contribution in [0.1, 0.15) is 12.6 Å². The van der Waals surface area contributed by atoms with Crippen molar-refractivity contribution in [3.05, 3.63) is 70.6 Å². The zero-order valence-electron chi connectivity index (χ0n) is 15.7. The van der Waals surface area contributed by atoms with Gasteiger partial charge in [-0.1, -0.05) is 24.3 Å². The molecule has 0 aliphatic heterocycles. The summed E-state index contributed by atoms with van der Waals surface area (Å²) in [4.78, 5) is 12.7. The normalized spacial score (nSPS) is 11.6. The lowest BCUT2D eigenvalue weighted by Gasteiger charge is -2.27. The third-order valence-corrected chi connectivity index (χ3v) is 4.61. The van der Waals surface area contributed by atoms with Gasteiger partial charge in [0, 0.05) is 6.07 Å². The molecule has 6 heteroatoms. The number of H-pyrrole nitrogens is 1. The van der Waals surface area contributed by atoms with Crippen molar-refractivity contribution in [3.63, 3.8) is 0 Å². The molecule has 0 saturated heterocycles. The van der Waals surface area contributed by atoms with Gasteiger partial charge < -0.3 is 0 Å². The fraction of sp³-hybridized carbons (Fsp3) is 0.190. The molecule has 0 spiro atoms. The first kappa shape index (κ1) is 18.4. The number of terminal acetylenes is 1. The molecule has 0 aliphatic carbocycles. The molecule has 0 atom stereocenters. The van der Waals surface area contributed by atoms with Gasteiger partial charge in [0.25, 0.3) is 5.56 Å². The number of aromatic amines is 1. The predicted molar refractivity (Wildman–Crippen MR) is 109 cm³/mol. The van der Waals surface area contributed by atoms with Crippen LogP contribution in [-0.4, -0.2) is 30.4 Å². The minimum Gasteiger partial charge on any atom is -0.296 e. The summed E-state index contributed by atoms with van der Waals surface area (Å²) in [6.07, 6.45) is 5.54. The molecule has 1 N–H and O–H groups in total.